The van der Waals surface area contributed by atoms with E-state index in [-0.39, 0.29) is 1.43 Å². The van der Waals surface area contributed by atoms with Crippen molar-refractivity contribution in [3.63, 3.8) is 0 Å². The minimum atomic E-state index is 0. The van der Waals surface area contributed by atoms with E-state index in [2.05, 4.69) is 10.7 Å². The Kier molecular flexibility index (Phi) is 5.11. The summed E-state index contributed by atoms with van der Waals surface area (Å²) in [5.74, 6) is 0.667. The Morgan fingerprint density at radius 3 is 2.45 bits per heavy atom. The van der Waals surface area contributed by atoms with Gasteiger partial charge < -0.3 is 10.5 Å². The van der Waals surface area contributed by atoms with Crippen LogP contribution in [0.5, 0.6) is 5.88 Å². The van der Waals surface area contributed by atoms with E-state index in [0.29, 0.717) is 5.88 Å². The van der Waals surface area contributed by atoms with Gasteiger partial charge in [0, 0.05) is 13.7 Å². The van der Waals surface area contributed by atoms with Crippen molar-refractivity contribution < 1.29 is 6.16 Å². The topological polar surface area (TPSA) is 48.1 Å². The number of ether oxygens (including phenoxy) is 1. The van der Waals surface area contributed by atoms with E-state index in [4.69, 9.17) is 4.74 Å². The summed E-state index contributed by atoms with van der Waals surface area (Å²) in [5, 5.41) is 0. The van der Waals surface area contributed by atoms with Gasteiger partial charge in [-0.25, -0.2) is 4.98 Å². The highest BCUT2D eigenvalue weighted by Gasteiger charge is 1.87. The maximum atomic E-state index is 4.86. The number of methoxy groups -OCH3 is 1. The fourth-order valence-corrected chi connectivity index (χ4v) is 0.575. The molecule has 3 heteroatoms. The second-order valence-electron chi connectivity index (χ2n) is 1.88. The van der Waals surface area contributed by atoms with Gasteiger partial charge in [0.05, 0.1) is 7.11 Å². The third kappa shape index (κ3) is 3.57. The minimum Gasteiger partial charge on any atom is -0.481 e. The van der Waals surface area contributed by atoms with Crippen LogP contribution in [0.2, 0.25) is 0 Å². The van der Waals surface area contributed by atoms with Crippen LogP contribution in [0.15, 0.2) is 18.3 Å². The van der Waals surface area contributed by atoms with Crippen LogP contribution in [0.4, 0.5) is 0 Å². The molecule has 0 saturated heterocycles. The van der Waals surface area contributed by atoms with Gasteiger partial charge in [-0.15, -0.1) is 0 Å². The highest BCUT2D eigenvalue weighted by Crippen LogP contribution is 2.04. The van der Waals surface area contributed by atoms with E-state index >= 15 is 0 Å². The van der Waals surface area contributed by atoms with Crippen LogP contribution in [0.1, 0.15) is 6.99 Å². The Balaban J connectivity index is 0. The Bertz CT molecular complexity index is 189. The van der Waals surface area contributed by atoms with Crippen LogP contribution in [-0.2, 0) is 0 Å². The van der Waals surface area contributed by atoms with Crippen LogP contribution >= 0.6 is 0 Å². The molecule has 0 fully saturated rings. The molecule has 1 rings (SSSR count). The summed E-state index contributed by atoms with van der Waals surface area (Å²) in [6, 6.07) is 3.81. The largest absolute Gasteiger partial charge is 0.481 e. The number of aryl methyl sites for hydroxylation is 1. The number of pyridine rings is 1. The maximum absolute atomic E-state index is 4.86. The molecular weight excluding hydrogens is 140 g/mol. The van der Waals surface area contributed by atoms with Gasteiger partial charge >= 0.3 is 0 Å². The fraction of sp³-hybridized carbons (Fsp3) is 0.375. The number of rotatable bonds is 1. The summed E-state index contributed by atoms with van der Waals surface area (Å²) in [5.41, 5.74) is 5.65. The quantitative estimate of drug-likeness (QED) is 0.665. The predicted octanol–water partition coefficient (Wildman–Crippen LogP) is 1.22. The third-order valence-electron chi connectivity index (χ3n) is 1.09. The zero-order chi connectivity index (χ0) is 8.69. The molecule has 1 aromatic heterocycles. The molecule has 1 heterocycles. The van der Waals surface area contributed by atoms with Crippen molar-refractivity contribution in [3.05, 3.63) is 23.9 Å². The Labute approximate surface area is 68.7 Å². The summed E-state index contributed by atoms with van der Waals surface area (Å²) in [6.45, 7) is 1.99. The van der Waals surface area contributed by atoms with Crippen LogP contribution < -0.4 is 10.5 Å². The van der Waals surface area contributed by atoms with Gasteiger partial charge in [-0.3, -0.25) is 0 Å². The molecule has 11 heavy (non-hydrogen) atoms. The Morgan fingerprint density at radius 1 is 1.45 bits per heavy atom. The van der Waals surface area contributed by atoms with Crippen molar-refractivity contribution in [2.45, 2.75) is 6.92 Å². The van der Waals surface area contributed by atoms with Crippen LogP contribution in [-0.4, -0.2) is 19.1 Å². The van der Waals surface area contributed by atoms with Gasteiger partial charge in [0.15, 0.2) is 0 Å². The first kappa shape index (κ1) is 9.91. The maximum Gasteiger partial charge on any atom is 0.212 e. The highest BCUT2D eigenvalue weighted by molar-refractivity contribution is 5.15. The standard InChI is InChI=1S/C7H9NO.CH5N.H2/c1-6-3-4-7(9-2)8-5-6;1-2;/h3-5H,1-2H3;2H2,1H3;1H. The number of aromatic nitrogens is 1. The van der Waals surface area contributed by atoms with Crippen molar-refractivity contribution in [1.82, 2.24) is 4.98 Å². The Morgan fingerprint density at radius 2 is 2.09 bits per heavy atom. The molecule has 0 spiro atoms. The molecule has 0 radical (unpaired) electrons. The van der Waals surface area contributed by atoms with E-state index in [1.54, 1.807) is 13.3 Å². The molecule has 0 atom stereocenters. The van der Waals surface area contributed by atoms with E-state index < -0.39 is 0 Å². The third-order valence-corrected chi connectivity index (χ3v) is 1.09. The normalized spacial score (nSPS) is 8.00. The molecule has 64 valence electrons. The highest BCUT2D eigenvalue weighted by atomic mass is 16.5. The monoisotopic (exact) mass is 156 g/mol. The number of nitrogens with zero attached hydrogens (tertiary/aromatic N) is 1. The molecule has 0 saturated carbocycles. The average molecular weight is 156 g/mol. The summed E-state index contributed by atoms with van der Waals surface area (Å²) >= 11 is 0. The molecule has 0 amide bonds. The smallest absolute Gasteiger partial charge is 0.212 e. The predicted molar refractivity (Wildman–Crippen MR) is 47.8 cm³/mol. The zero-order valence-electron chi connectivity index (χ0n) is 7.16. The van der Waals surface area contributed by atoms with Crippen LogP contribution in [0, 0.1) is 6.92 Å². The van der Waals surface area contributed by atoms with Gasteiger partial charge in [0.1, 0.15) is 0 Å². The molecule has 3 nitrogen and oxygen atoms in total. The first-order chi connectivity index (χ1) is 5.33. The SMILES string of the molecule is CN.COc1ccc(C)cn1.[HH]. The number of hydrogen-bond donors (Lipinski definition) is 1. The van der Waals surface area contributed by atoms with Gasteiger partial charge in [0.2, 0.25) is 5.88 Å². The van der Waals surface area contributed by atoms with Gasteiger partial charge in [-0.2, -0.15) is 0 Å². The first-order valence-electron chi connectivity index (χ1n) is 3.37. The lowest BCUT2D eigenvalue weighted by molar-refractivity contribution is 0.397. The molecule has 0 aromatic carbocycles. The Hall–Kier alpha value is -1.09. The minimum absolute atomic E-state index is 0. The molecule has 0 aliphatic carbocycles. The van der Waals surface area contributed by atoms with E-state index in [1.165, 1.54) is 7.05 Å². The van der Waals surface area contributed by atoms with Gasteiger partial charge in [-0.05, 0) is 19.5 Å². The molecule has 1 aromatic rings. The lowest BCUT2D eigenvalue weighted by Crippen LogP contribution is -1.85. The molecule has 0 aliphatic heterocycles. The van der Waals surface area contributed by atoms with Crippen molar-refractivity contribution >= 4 is 0 Å². The summed E-state index contributed by atoms with van der Waals surface area (Å²) in [4.78, 5) is 3.97. The molecular formula is C8H16N2O. The van der Waals surface area contributed by atoms with E-state index in [1.807, 2.05) is 19.1 Å². The van der Waals surface area contributed by atoms with Gasteiger partial charge in [0.25, 0.3) is 0 Å². The second kappa shape index (κ2) is 5.68. The van der Waals surface area contributed by atoms with E-state index in [0.717, 1.165) is 5.56 Å². The lowest BCUT2D eigenvalue weighted by Gasteiger charge is -1.95. The van der Waals surface area contributed by atoms with Crippen molar-refractivity contribution in [3.8, 4) is 5.88 Å². The molecule has 2 N–H and O–H groups in total. The first-order valence-corrected chi connectivity index (χ1v) is 3.37. The van der Waals surface area contributed by atoms with Crippen LogP contribution in [0.25, 0.3) is 0 Å². The lowest BCUT2D eigenvalue weighted by atomic mass is 10.3. The number of nitrogens with two attached hydrogens (primary N) is 1. The molecule has 0 unspecified atom stereocenters. The number of hydrogen-bond acceptors (Lipinski definition) is 3. The summed E-state index contributed by atoms with van der Waals surface area (Å²) < 4.78 is 4.86. The molecule has 0 bridgehead atoms. The second-order valence-corrected chi connectivity index (χ2v) is 1.88. The zero-order valence-corrected chi connectivity index (χ0v) is 7.16. The van der Waals surface area contributed by atoms with Crippen molar-refractivity contribution in [2.24, 2.45) is 5.73 Å². The fourth-order valence-electron chi connectivity index (χ4n) is 0.575. The summed E-state index contributed by atoms with van der Waals surface area (Å²) in [6.07, 6.45) is 1.78. The van der Waals surface area contributed by atoms with Gasteiger partial charge in [-0.1, -0.05) is 6.07 Å². The van der Waals surface area contributed by atoms with Crippen molar-refractivity contribution in [2.75, 3.05) is 14.2 Å². The van der Waals surface area contributed by atoms with Crippen LogP contribution in [0.3, 0.4) is 0 Å². The molecule has 0 aliphatic rings. The average Bonchev–Trinajstić information content (AvgIpc) is 2.10. The van der Waals surface area contributed by atoms with E-state index in [9.17, 15) is 0 Å². The van der Waals surface area contributed by atoms with Crippen molar-refractivity contribution in [1.29, 1.82) is 0 Å². The summed E-state index contributed by atoms with van der Waals surface area (Å²) in [7, 11) is 3.11.